The molecule has 1 heterocycles. The lowest BCUT2D eigenvalue weighted by atomic mass is 9.90. The van der Waals surface area contributed by atoms with Crippen LogP contribution in [0.15, 0.2) is 34.5 Å². The average Bonchev–Trinajstić information content (AvgIpc) is 2.94. The van der Waals surface area contributed by atoms with Crippen molar-refractivity contribution in [2.24, 2.45) is 4.99 Å². The number of carbonyl (C=O) groups excluding carboxylic acids is 1. The maximum Gasteiger partial charge on any atom is 0.168 e. The number of rotatable bonds is 7. The zero-order chi connectivity index (χ0) is 19.4. The average molecular weight is 367 g/mol. The first-order chi connectivity index (χ1) is 13.0. The minimum Gasteiger partial charge on any atom is -0.511 e. The Morgan fingerprint density at radius 1 is 1.26 bits per heavy atom. The van der Waals surface area contributed by atoms with Gasteiger partial charge in [0.1, 0.15) is 5.76 Å². The normalized spacial score (nSPS) is 15.8. The van der Waals surface area contributed by atoms with Gasteiger partial charge in [0.15, 0.2) is 5.78 Å². The van der Waals surface area contributed by atoms with Crippen molar-refractivity contribution < 1.29 is 9.90 Å². The maximum absolute atomic E-state index is 12.4. The molecule has 0 radical (unpaired) electrons. The second-order valence-corrected chi connectivity index (χ2v) is 7.56. The molecule has 0 aliphatic heterocycles. The van der Waals surface area contributed by atoms with Crippen molar-refractivity contribution in [3.05, 3.63) is 46.4 Å². The molecule has 0 bridgehead atoms. The zero-order valence-corrected chi connectivity index (χ0v) is 16.7. The molecule has 0 amide bonds. The largest absolute Gasteiger partial charge is 0.511 e. The topological polar surface area (TPSA) is 65.4 Å². The van der Waals surface area contributed by atoms with Gasteiger partial charge in [-0.1, -0.05) is 25.0 Å². The standard InChI is InChI=1S/C23H30N2O2/c1-4-5-7-20(23-21(26)8-6-9-22(23)27)24-13-12-17-16(3)25-19-11-10-15(2)14-18(17)19/h10-11,14,25-26H,4-9,12-13H2,1-3H3. The number of aromatic amines is 1. The molecule has 3 rings (SSSR count). The van der Waals surface area contributed by atoms with E-state index >= 15 is 0 Å². The van der Waals surface area contributed by atoms with E-state index < -0.39 is 0 Å². The molecule has 0 saturated heterocycles. The van der Waals surface area contributed by atoms with Crippen LogP contribution >= 0.6 is 0 Å². The van der Waals surface area contributed by atoms with Crippen molar-refractivity contribution in [2.45, 2.75) is 65.7 Å². The van der Waals surface area contributed by atoms with Crippen molar-refractivity contribution in [1.29, 1.82) is 0 Å². The Balaban J connectivity index is 1.84. The number of aryl methyl sites for hydroxylation is 2. The molecule has 0 fully saturated rings. The van der Waals surface area contributed by atoms with Crippen LogP contribution in [0.2, 0.25) is 0 Å². The van der Waals surface area contributed by atoms with E-state index in [1.54, 1.807) is 0 Å². The Hall–Kier alpha value is -2.36. The van der Waals surface area contributed by atoms with Crippen LogP contribution in [0.25, 0.3) is 10.9 Å². The number of aliphatic imine (C=N–C) groups is 1. The number of H-pyrrole nitrogens is 1. The summed E-state index contributed by atoms with van der Waals surface area (Å²) in [4.78, 5) is 20.6. The van der Waals surface area contributed by atoms with Gasteiger partial charge in [0.05, 0.1) is 5.57 Å². The number of fused-ring (bicyclic) bond motifs is 1. The number of hydrogen-bond acceptors (Lipinski definition) is 3. The minimum atomic E-state index is 0.0486. The van der Waals surface area contributed by atoms with Gasteiger partial charge in [-0.25, -0.2) is 0 Å². The highest BCUT2D eigenvalue weighted by Crippen LogP contribution is 2.25. The summed E-state index contributed by atoms with van der Waals surface area (Å²) in [6.45, 7) is 6.97. The summed E-state index contributed by atoms with van der Waals surface area (Å²) in [6, 6.07) is 6.46. The highest BCUT2D eigenvalue weighted by Gasteiger charge is 2.24. The first-order valence-electron chi connectivity index (χ1n) is 10.1. The van der Waals surface area contributed by atoms with Gasteiger partial charge in [-0.2, -0.15) is 0 Å². The Bertz CT molecular complexity index is 902. The molecule has 0 atom stereocenters. The Morgan fingerprint density at radius 2 is 2.07 bits per heavy atom. The molecule has 0 saturated carbocycles. The summed E-state index contributed by atoms with van der Waals surface area (Å²) in [6.07, 6.45) is 5.46. The third-order valence-corrected chi connectivity index (χ3v) is 5.38. The number of Topliss-reactive ketones (excluding diaryl/α,β-unsaturated/α-hetero) is 1. The highest BCUT2D eigenvalue weighted by molar-refractivity contribution is 6.23. The van der Waals surface area contributed by atoms with Crippen molar-refractivity contribution in [3.63, 3.8) is 0 Å². The third-order valence-electron chi connectivity index (χ3n) is 5.38. The second-order valence-electron chi connectivity index (χ2n) is 7.56. The first kappa shape index (κ1) is 19.4. The SMILES string of the molecule is CCCCC(=NCCc1c(C)[nH]c2ccc(C)cc12)C1=C(O)CCCC1=O. The fourth-order valence-corrected chi connectivity index (χ4v) is 3.90. The summed E-state index contributed by atoms with van der Waals surface area (Å²) < 4.78 is 0. The molecule has 1 aliphatic rings. The third kappa shape index (κ3) is 4.32. The van der Waals surface area contributed by atoms with Crippen LogP contribution in [0.3, 0.4) is 0 Å². The van der Waals surface area contributed by atoms with Gasteiger partial charge in [0.2, 0.25) is 0 Å². The number of unbranched alkanes of at least 4 members (excludes halogenated alkanes) is 1. The number of ketones is 1. The predicted octanol–water partition coefficient (Wildman–Crippen LogP) is 5.52. The van der Waals surface area contributed by atoms with E-state index in [1.807, 2.05) is 0 Å². The van der Waals surface area contributed by atoms with Gasteiger partial charge in [0.25, 0.3) is 0 Å². The number of carbonyl (C=O) groups is 1. The van der Waals surface area contributed by atoms with Crippen molar-refractivity contribution in [1.82, 2.24) is 4.98 Å². The predicted molar refractivity (Wildman–Crippen MR) is 112 cm³/mol. The molecule has 2 aromatic rings. The van der Waals surface area contributed by atoms with Gasteiger partial charge in [-0.3, -0.25) is 9.79 Å². The van der Waals surface area contributed by atoms with Crippen LogP contribution in [0.5, 0.6) is 0 Å². The summed E-state index contributed by atoms with van der Waals surface area (Å²) in [7, 11) is 0. The van der Waals surface area contributed by atoms with E-state index in [1.165, 1.54) is 22.2 Å². The molecule has 0 spiro atoms. The monoisotopic (exact) mass is 366 g/mol. The van der Waals surface area contributed by atoms with Crippen LogP contribution in [-0.2, 0) is 11.2 Å². The van der Waals surface area contributed by atoms with E-state index in [0.29, 0.717) is 25.0 Å². The number of aliphatic hydroxyl groups excluding tert-OH is 1. The van der Waals surface area contributed by atoms with Crippen LogP contribution in [0, 0.1) is 13.8 Å². The van der Waals surface area contributed by atoms with E-state index in [9.17, 15) is 9.90 Å². The fourth-order valence-electron chi connectivity index (χ4n) is 3.90. The van der Waals surface area contributed by atoms with Crippen LogP contribution < -0.4 is 0 Å². The van der Waals surface area contributed by atoms with Crippen molar-refractivity contribution in [2.75, 3.05) is 6.54 Å². The number of allylic oxidation sites excluding steroid dienone is 2. The number of benzene rings is 1. The smallest absolute Gasteiger partial charge is 0.168 e. The molecular weight excluding hydrogens is 336 g/mol. The molecule has 1 aromatic carbocycles. The summed E-state index contributed by atoms with van der Waals surface area (Å²) >= 11 is 0. The fraction of sp³-hybridized carbons (Fsp3) is 0.478. The number of aromatic nitrogens is 1. The molecule has 1 aliphatic carbocycles. The molecule has 27 heavy (non-hydrogen) atoms. The quantitative estimate of drug-likeness (QED) is 0.633. The zero-order valence-electron chi connectivity index (χ0n) is 16.7. The van der Waals surface area contributed by atoms with Gasteiger partial charge in [-0.05, 0) is 57.2 Å². The van der Waals surface area contributed by atoms with E-state index in [0.717, 1.165) is 43.3 Å². The van der Waals surface area contributed by atoms with Crippen molar-refractivity contribution in [3.8, 4) is 0 Å². The van der Waals surface area contributed by atoms with E-state index in [4.69, 9.17) is 4.99 Å². The van der Waals surface area contributed by atoms with Crippen molar-refractivity contribution >= 4 is 22.4 Å². The van der Waals surface area contributed by atoms with Crippen LogP contribution in [0.1, 0.15) is 62.3 Å². The Kier molecular flexibility index (Phi) is 6.15. The second kappa shape index (κ2) is 8.55. The highest BCUT2D eigenvalue weighted by atomic mass is 16.3. The van der Waals surface area contributed by atoms with Gasteiger partial charge < -0.3 is 10.1 Å². The number of aliphatic hydroxyl groups is 1. The number of nitrogens with one attached hydrogen (secondary N) is 1. The van der Waals surface area contributed by atoms with Crippen LogP contribution in [-0.4, -0.2) is 28.1 Å². The molecule has 144 valence electrons. The number of hydrogen-bond donors (Lipinski definition) is 2. The lowest BCUT2D eigenvalue weighted by molar-refractivity contribution is -0.115. The first-order valence-corrected chi connectivity index (χ1v) is 10.1. The molecule has 4 heteroatoms. The molecule has 2 N–H and O–H groups in total. The molecule has 0 unspecified atom stereocenters. The Labute approximate surface area is 161 Å². The minimum absolute atomic E-state index is 0.0486. The Morgan fingerprint density at radius 3 is 2.81 bits per heavy atom. The molecule has 1 aromatic heterocycles. The maximum atomic E-state index is 12.4. The van der Waals surface area contributed by atoms with E-state index in [2.05, 4.69) is 44.0 Å². The molecule has 4 nitrogen and oxygen atoms in total. The van der Waals surface area contributed by atoms with E-state index in [-0.39, 0.29) is 11.5 Å². The van der Waals surface area contributed by atoms with Crippen LogP contribution in [0.4, 0.5) is 0 Å². The van der Waals surface area contributed by atoms with Gasteiger partial charge >= 0.3 is 0 Å². The number of nitrogens with zero attached hydrogens (tertiary/aromatic N) is 1. The lowest BCUT2D eigenvalue weighted by Gasteiger charge is -2.17. The lowest BCUT2D eigenvalue weighted by Crippen LogP contribution is -2.20. The summed E-state index contributed by atoms with van der Waals surface area (Å²) in [5, 5.41) is 11.5. The molecular formula is C23H30N2O2. The van der Waals surface area contributed by atoms with Gasteiger partial charge in [-0.15, -0.1) is 0 Å². The summed E-state index contributed by atoms with van der Waals surface area (Å²) in [5.74, 6) is 0.285. The summed E-state index contributed by atoms with van der Waals surface area (Å²) in [5.41, 5.74) is 6.18. The van der Waals surface area contributed by atoms with Gasteiger partial charge in [0, 0.05) is 41.7 Å².